The zero-order chi connectivity index (χ0) is 14.6. The number of ether oxygens (including phenoxy) is 1. The molecule has 0 radical (unpaired) electrons. The second-order valence-electron chi connectivity index (χ2n) is 6.23. The highest BCUT2D eigenvalue weighted by atomic mass is 16.5. The molecule has 1 heterocycles. The molecule has 1 aromatic carbocycles. The Labute approximate surface area is 121 Å². The van der Waals surface area contributed by atoms with E-state index in [0.29, 0.717) is 0 Å². The fraction of sp³-hybridized carbons (Fsp3) is 0.412. The first-order valence-electron chi connectivity index (χ1n) is 7.11. The van der Waals surface area contributed by atoms with Gasteiger partial charge in [0.05, 0.1) is 34.8 Å². The van der Waals surface area contributed by atoms with E-state index in [9.17, 15) is 0 Å². The maximum Gasteiger partial charge on any atom is 0.194 e. The summed E-state index contributed by atoms with van der Waals surface area (Å²) in [6, 6.07) is 12.6. The number of H-pyrrole nitrogens is 1. The fourth-order valence-corrected chi connectivity index (χ4v) is 2.36. The number of aromatic nitrogens is 1. The zero-order valence-corrected chi connectivity index (χ0v) is 12.9. The van der Waals surface area contributed by atoms with Crippen LogP contribution in [0.25, 0.3) is 11.3 Å². The molecule has 0 fully saturated rings. The highest BCUT2D eigenvalue weighted by Crippen LogP contribution is 2.27. The predicted octanol–water partition coefficient (Wildman–Crippen LogP) is 3.33. The summed E-state index contributed by atoms with van der Waals surface area (Å²) < 4.78 is 6.47. The van der Waals surface area contributed by atoms with Gasteiger partial charge in [0.25, 0.3) is 0 Å². The minimum Gasteiger partial charge on any atom is -0.482 e. The molecule has 3 nitrogen and oxygen atoms in total. The highest BCUT2D eigenvalue weighted by Gasteiger charge is 2.12. The monoisotopic (exact) mass is 273 g/mol. The van der Waals surface area contributed by atoms with Gasteiger partial charge in [-0.1, -0.05) is 30.3 Å². The van der Waals surface area contributed by atoms with Gasteiger partial charge in [0.15, 0.2) is 5.88 Å². The molecule has 0 amide bonds. The second kappa shape index (κ2) is 6.14. The van der Waals surface area contributed by atoms with E-state index in [1.165, 1.54) is 11.1 Å². The van der Waals surface area contributed by atoms with Gasteiger partial charge in [-0.2, -0.15) is 0 Å². The highest BCUT2D eigenvalue weighted by molar-refractivity contribution is 5.62. The molecule has 0 spiro atoms. The van der Waals surface area contributed by atoms with Gasteiger partial charge in [0.2, 0.25) is 0 Å². The molecular formula is C17H25N2O+. The third-order valence-electron chi connectivity index (χ3n) is 3.42. The first kappa shape index (κ1) is 14.7. The molecule has 0 saturated carbocycles. The smallest absolute Gasteiger partial charge is 0.194 e. The average Bonchev–Trinajstić information content (AvgIpc) is 2.82. The van der Waals surface area contributed by atoms with Crippen LogP contribution in [0.4, 0.5) is 0 Å². The largest absolute Gasteiger partial charge is 0.482 e. The molecule has 0 atom stereocenters. The molecule has 0 aliphatic carbocycles. The summed E-state index contributed by atoms with van der Waals surface area (Å²) in [6.45, 7) is 1.16. The van der Waals surface area contributed by atoms with E-state index in [-0.39, 0.29) is 0 Å². The predicted molar refractivity (Wildman–Crippen MR) is 84.0 cm³/mol. The molecule has 1 aromatic heterocycles. The summed E-state index contributed by atoms with van der Waals surface area (Å²) in [5.74, 6) is 0.894. The van der Waals surface area contributed by atoms with E-state index in [1.807, 2.05) is 6.07 Å². The van der Waals surface area contributed by atoms with Crippen molar-refractivity contribution in [1.82, 2.24) is 4.98 Å². The Bertz CT molecular complexity index is 538. The minimum absolute atomic E-state index is 0.894. The Morgan fingerprint density at radius 3 is 2.40 bits per heavy atom. The Morgan fingerprint density at radius 2 is 1.80 bits per heavy atom. The van der Waals surface area contributed by atoms with Crippen LogP contribution >= 0.6 is 0 Å². The topological polar surface area (TPSA) is 25.0 Å². The van der Waals surface area contributed by atoms with Crippen molar-refractivity contribution in [2.24, 2.45) is 0 Å². The van der Waals surface area contributed by atoms with Crippen LogP contribution in [0.3, 0.4) is 0 Å². The van der Waals surface area contributed by atoms with Gasteiger partial charge >= 0.3 is 0 Å². The maximum atomic E-state index is 5.47. The van der Waals surface area contributed by atoms with Crippen LogP contribution in [-0.2, 0) is 6.42 Å². The van der Waals surface area contributed by atoms with Crippen LogP contribution in [0.1, 0.15) is 12.0 Å². The number of quaternary nitrogens is 1. The van der Waals surface area contributed by atoms with Gasteiger partial charge in [-0.15, -0.1) is 0 Å². The lowest BCUT2D eigenvalue weighted by molar-refractivity contribution is -0.870. The number of nitrogens with zero attached hydrogens (tertiary/aromatic N) is 1. The third-order valence-corrected chi connectivity index (χ3v) is 3.42. The normalized spacial score (nSPS) is 11.6. The summed E-state index contributed by atoms with van der Waals surface area (Å²) in [6.07, 6.45) is 2.20. The summed E-state index contributed by atoms with van der Waals surface area (Å²) in [4.78, 5) is 3.37. The van der Waals surface area contributed by atoms with Crippen molar-refractivity contribution in [3.8, 4) is 17.1 Å². The number of hydrogen-bond donors (Lipinski definition) is 1. The van der Waals surface area contributed by atoms with E-state index in [0.717, 1.165) is 35.4 Å². The standard InChI is InChI=1S/C17H25N2O/c1-19(2,3)12-8-11-15-13-16(18-17(15)20-4)14-9-6-5-7-10-14/h5-7,9-10,13,18H,8,11-12H2,1-4H3/q+1. The number of hydrogen-bond acceptors (Lipinski definition) is 1. The van der Waals surface area contributed by atoms with Crippen LogP contribution in [0, 0.1) is 0 Å². The minimum atomic E-state index is 0.894. The quantitative estimate of drug-likeness (QED) is 0.802. The molecule has 108 valence electrons. The molecule has 20 heavy (non-hydrogen) atoms. The maximum absolute atomic E-state index is 5.47. The van der Waals surface area contributed by atoms with E-state index in [4.69, 9.17) is 4.74 Å². The molecule has 3 heteroatoms. The van der Waals surface area contributed by atoms with Gasteiger partial charge in [0.1, 0.15) is 0 Å². The van der Waals surface area contributed by atoms with Crippen molar-refractivity contribution >= 4 is 0 Å². The van der Waals surface area contributed by atoms with Crippen LogP contribution in [0.2, 0.25) is 0 Å². The Morgan fingerprint density at radius 1 is 1.10 bits per heavy atom. The van der Waals surface area contributed by atoms with Crippen molar-refractivity contribution in [2.45, 2.75) is 12.8 Å². The molecule has 2 aromatic rings. The third kappa shape index (κ3) is 3.87. The Hall–Kier alpha value is -1.74. The van der Waals surface area contributed by atoms with Crippen LogP contribution in [0.5, 0.6) is 5.88 Å². The average molecular weight is 273 g/mol. The number of benzene rings is 1. The fourth-order valence-electron chi connectivity index (χ4n) is 2.36. The summed E-state index contributed by atoms with van der Waals surface area (Å²) in [5, 5.41) is 0. The van der Waals surface area contributed by atoms with E-state index >= 15 is 0 Å². The van der Waals surface area contributed by atoms with Gasteiger partial charge in [0, 0.05) is 17.7 Å². The lowest BCUT2D eigenvalue weighted by Gasteiger charge is -2.23. The molecule has 1 N–H and O–H groups in total. The lowest BCUT2D eigenvalue weighted by Crippen LogP contribution is -2.35. The molecule has 2 rings (SSSR count). The van der Waals surface area contributed by atoms with Crippen LogP contribution in [-0.4, -0.2) is 44.3 Å². The van der Waals surface area contributed by atoms with Crippen molar-refractivity contribution in [3.63, 3.8) is 0 Å². The molecule has 0 bridgehead atoms. The van der Waals surface area contributed by atoms with E-state index in [1.54, 1.807) is 7.11 Å². The van der Waals surface area contributed by atoms with Crippen molar-refractivity contribution < 1.29 is 9.22 Å². The number of nitrogens with one attached hydrogen (secondary N) is 1. The second-order valence-corrected chi connectivity index (χ2v) is 6.23. The molecule has 0 saturated heterocycles. The number of methoxy groups -OCH3 is 1. The first-order chi connectivity index (χ1) is 9.49. The van der Waals surface area contributed by atoms with Crippen LogP contribution < -0.4 is 4.74 Å². The van der Waals surface area contributed by atoms with E-state index < -0.39 is 0 Å². The zero-order valence-electron chi connectivity index (χ0n) is 12.9. The van der Waals surface area contributed by atoms with Gasteiger partial charge in [-0.3, -0.25) is 0 Å². The van der Waals surface area contributed by atoms with Gasteiger partial charge in [-0.05, 0) is 18.1 Å². The molecule has 0 aliphatic heterocycles. The number of rotatable bonds is 6. The SMILES string of the molecule is COc1[nH]c(-c2ccccc2)cc1CCC[N+](C)(C)C. The van der Waals surface area contributed by atoms with Crippen LogP contribution in [0.15, 0.2) is 36.4 Å². The summed E-state index contributed by atoms with van der Waals surface area (Å²) >= 11 is 0. The van der Waals surface area contributed by atoms with Crippen molar-refractivity contribution in [1.29, 1.82) is 0 Å². The van der Waals surface area contributed by atoms with E-state index in [2.05, 4.69) is 56.5 Å². The Balaban J connectivity index is 2.11. The van der Waals surface area contributed by atoms with Crippen molar-refractivity contribution in [3.05, 3.63) is 42.0 Å². The first-order valence-corrected chi connectivity index (χ1v) is 7.11. The van der Waals surface area contributed by atoms with Gasteiger partial charge < -0.3 is 14.2 Å². The molecule has 0 aliphatic rings. The number of aryl methyl sites for hydroxylation is 1. The van der Waals surface area contributed by atoms with Gasteiger partial charge in [-0.25, -0.2) is 0 Å². The Kier molecular flexibility index (Phi) is 4.50. The molecular weight excluding hydrogens is 248 g/mol. The molecule has 0 unspecified atom stereocenters. The summed E-state index contributed by atoms with van der Waals surface area (Å²) in [7, 11) is 8.40. The van der Waals surface area contributed by atoms with Crippen molar-refractivity contribution in [2.75, 3.05) is 34.8 Å². The lowest BCUT2D eigenvalue weighted by atomic mass is 10.1. The summed E-state index contributed by atoms with van der Waals surface area (Å²) in [5.41, 5.74) is 3.59. The number of aromatic amines is 1.